The highest BCUT2D eigenvalue weighted by Crippen LogP contribution is 2.40. The van der Waals surface area contributed by atoms with E-state index in [4.69, 9.17) is 9.47 Å². The average molecular weight is 420 g/mol. The van der Waals surface area contributed by atoms with Crippen LogP contribution in [0.5, 0.6) is 5.75 Å². The van der Waals surface area contributed by atoms with Gasteiger partial charge in [-0.05, 0) is 73.1 Å². The lowest BCUT2D eigenvalue weighted by atomic mass is 9.87. The zero-order valence-electron chi connectivity index (χ0n) is 17.3. The minimum Gasteiger partial charge on any atom is -0.493 e. The molecule has 0 spiro atoms. The molecule has 0 fully saturated rings. The van der Waals surface area contributed by atoms with Crippen LogP contribution in [0.15, 0.2) is 70.7 Å². The van der Waals surface area contributed by atoms with Crippen LogP contribution in [-0.4, -0.2) is 24.7 Å². The van der Waals surface area contributed by atoms with Gasteiger partial charge in [0, 0.05) is 22.2 Å². The van der Waals surface area contributed by atoms with Crippen molar-refractivity contribution in [3.8, 4) is 5.75 Å². The smallest absolute Gasteiger partial charge is 0.338 e. The molecule has 0 saturated carbocycles. The molecule has 0 aliphatic carbocycles. The predicted octanol–water partition coefficient (Wildman–Crippen LogP) is 5.83. The summed E-state index contributed by atoms with van der Waals surface area (Å²) in [5.74, 6) is 1.07. The molecule has 30 heavy (non-hydrogen) atoms. The topological polar surface area (TPSA) is 48.4 Å². The summed E-state index contributed by atoms with van der Waals surface area (Å²) in [6.45, 7) is 2.85. The van der Waals surface area contributed by atoms with Crippen molar-refractivity contribution >= 4 is 17.7 Å². The van der Waals surface area contributed by atoms with Crippen LogP contribution in [-0.2, 0) is 11.2 Å². The molecule has 0 unspecified atom stereocenters. The van der Waals surface area contributed by atoms with Crippen LogP contribution in [0.2, 0.25) is 0 Å². The van der Waals surface area contributed by atoms with E-state index in [0.29, 0.717) is 18.1 Å². The molecule has 2 aromatic carbocycles. The van der Waals surface area contributed by atoms with Crippen molar-refractivity contribution < 1.29 is 14.3 Å². The maximum absolute atomic E-state index is 12.0. The molecule has 0 bridgehead atoms. The third kappa shape index (κ3) is 4.51. The Morgan fingerprint density at radius 2 is 2.10 bits per heavy atom. The highest BCUT2D eigenvalue weighted by molar-refractivity contribution is 7.99. The molecule has 4 rings (SSSR count). The van der Waals surface area contributed by atoms with Crippen molar-refractivity contribution in [2.24, 2.45) is 0 Å². The fourth-order valence-electron chi connectivity index (χ4n) is 3.87. The van der Waals surface area contributed by atoms with E-state index in [-0.39, 0.29) is 5.97 Å². The van der Waals surface area contributed by atoms with Gasteiger partial charge in [-0.2, -0.15) is 0 Å². The Kier molecular flexibility index (Phi) is 6.38. The SMILES string of the molecule is COC(=O)c1ccncc1CC[C@@H]1CCOc2cc(Sc3ccccc3C)ccc21. The second-order valence-electron chi connectivity index (χ2n) is 7.46. The molecule has 0 radical (unpaired) electrons. The summed E-state index contributed by atoms with van der Waals surface area (Å²) < 4.78 is 10.9. The van der Waals surface area contributed by atoms with E-state index in [1.165, 1.54) is 28.0 Å². The number of benzene rings is 2. The third-order valence-electron chi connectivity index (χ3n) is 5.54. The second kappa shape index (κ2) is 9.35. The number of pyridine rings is 1. The first kappa shape index (κ1) is 20.5. The summed E-state index contributed by atoms with van der Waals surface area (Å²) in [6.07, 6.45) is 6.10. The van der Waals surface area contributed by atoms with Crippen molar-refractivity contribution in [1.29, 1.82) is 0 Å². The van der Waals surface area contributed by atoms with Gasteiger partial charge in [-0.25, -0.2) is 4.79 Å². The fraction of sp³-hybridized carbons (Fsp3) is 0.280. The molecule has 0 amide bonds. The summed E-state index contributed by atoms with van der Waals surface area (Å²) >= 11 is 1.77. The van der Waals surface area contributed by atoms with Crippen molar-refractivity contribution in [2.75, 3.05) is 13.7 Å². The number of rotatable bonds is 6. The summed E-state index contributed by atoms with van der Waals surface area (Å²) in [6, 6.07) is 16.7. The van der Waals surface area contributed by atoms with Gasteiger partial charge in [0.05, 0.1) is 19.3 Å². The van der Waals surface area contributed by atoms with Crippen LogP contribution in [0, 0.1) is 6.92 Å². The first-order valence-corrected chi connectivity index (χ1v) is 11.0. The van der Waals surface area contributed by atoms with Gasteiger partial charge in [0.1, 0.15) is 5.75 Å². The van der Waals surface area contributed by atoms with Crippen LogP contribution >= 0.6 is 11.8 Å². The number of fused-ring (bicyclic) bond motifs is 1. The summed E-state index contributed by atoms with van der Waals surface area (Å²) in [5.41, 5.74) is 4.06. The largest absolute Gasteiger partial charge is 0.493 e. The van der Waals surface area contributed by atoms with E-state index >= 15 is 0 Å². The Morgan fingerprint density at radius 3 is 2.93 bits per heavy atom. The first-order chi connectivity index (χ1) is 14.7. The molecule has 3 aromatic rings. The highest BCUT2D eigenvalue weighted by atomic mass is 32.2. The zero-order chi connectivity index (χ0) is 20.9. The average Bonchev–Trinajstić information content (AvgIpc) is 2.78. The molecule has 2 heterocycles. The van der Waals surface area contributed by atoms with Gasteiger partial charge in [-0.1, -0.05) is 36.0 Å². The van der Waals surface area contributed by atoms with Crippen LogP contribution < -0.4 is 4.74 Å². The van der Waals surface area contributed by atoms with Gasteiger partial charge < -0.3 is 9.47 Å². The normalized spacial score (nSPS) is 15.2. The van der Waals surface area contributed by atoms with E-state index < -0.39 is 0 Å². The van der Waals surface area contributed by atoms with Gasteiger partial charge >= 0.3 is 5.97 Å². The fourth-order valence-corrected chi connectivity index (χ4v) is 4.80. The number of nitrogens with zero attached hydrogens (tertiary/aromatic N) is 1. The Balaban J connectivity index is 1.50. The Hall–Kier alpha value is -2.79. The van der Waals surface area contributed by atoms with Crippen LogP contribution in [0.3, 0.4) is 0 Å². The number of hydrogen-bond acceptors (Lipinski definition) is 5. The van der Waals surface area contributed by atoms with E-state index in [2.05, 4.69) is 54.4 Å². The predicted molar refractivity (Wildman–Crippen MR) is 118 cm³/mol. The Morgan fingerprint density at radius 1 is 1.23 bits per heavy atom. The molecule has 154 valence electrons. The molecule has 0 N–H and O–H groups in total. The number of esters is 1. The number of methoxy groups -OCH3 is 1. The van der Waals surface area contributed by atoms with Crippen molar-refractivity contribution in [3.63, 3.8) is 0 Å². The van der Waals surface area contributed by atoms with Crippen LogP contribution in [0.4, 0.5) is 0 Å². The van der Waals surface area contributed by atoms with Crippen molar-refractivity contribution in [1.82, 2.24) is 4.98 Å². The molecule has 1 aliphatic rings. The Labute approximate surface area is 181 Å². The second-order valence-corrected chi connectivity index (χ2v) is 8.58. The van der Waals surface area contributed by atoms with E-state index in [1.807, 2.05) is 0 Å². The minimum atomic E-state index is -0.308. The first-order valence-electron chi connectivity index (χ1n) is 10.2. The van der Waals surface area contributed by atoms with Crippen LogP contribution in [0.1, 0.15) is 45.8 Å². The van der Waals surface area contributed by atoms with E-state index in [1.54, 1.807) is 30.2 Å². The lowest BCUT2D eigenvalue weighted by molar-refractivity contribution is 0.0599. The van der Waals surface area contributed by atoms with Gasteiger partial charge in [-0.15, -0.1) is 0 Å². The lowest BCUT2D eigenvalue weighted by Crippen LogP contribution is -2.15. The van der Waals surface area contributed by atoms with Gasteiger partial charge in [0.25, 0.3) is 0 Å². The quantitative estimate of drug-likeness (QED) is 0.471. The number of aryl methyl sites for hydroxylation is 2. The van der Waals surface area contributed by atoms with Gasteiger partial charge in [-0.3, -0.25) is 4.98 Å². The maximum Gasteiger partial charge on any atom is 0.338 e. The molecule has 1 atom stereocenters. The zero-order valence-corrected chi connectivity index (χ0v) is 18.1. The number of carbonyl (C=O) groups excluding carboxylic acids is 1. The summed E-state index contributed by atoms with van der Waals surface area (Å²) in [7, 11) is 1.41. The van der Waals surface area contributed by atoms with E-state index in [0.717, 1.165) is 30.6 Å². The number of hydrogen-bond donors (Lipinski definition) is 0. The molecular formula is C25H25NO3S. The molecule has 0 saturated heterocycles. The molecule has 4 nitrogen and oxygen atoms in total. The molecule has 1 aromatic heterocycles. The number of aromatic nitrogens is 1. The van der Waals surface area contributed by atoms with Gasteiger partial charge in [0.2, 0.25) is 0 Å². The van der Waals surface area contributed by atoms with Crippen LogP contribution in [0.25, 0.3) is 0 Å². The molecule has 5 heteroatoms. The lowest BCUT2D eigenvalue weighted by Gasteiger charge is -2.26. The number of carbonyl (C=O) groups is 1. The van der Waals surface area contributed by atoms with Crippen molar-refractivity contribution in [2.45, 2.75) is 41.9 Å². The summed E-state index contributed by atoms with van der Waals surface area (Å²) in [4.78, 5) is 18.7. The summed E-state index contributed by atoms with van der Waals surface area (Å²) in [5, 5.41) is 0. The van der Waals surface area contributed by atoms with Gasteiger partial charge in [0.15, 0.2) is 0 Å². The number of ether oxygens (including phenoxy) is 2. The third-order valence-corrected chi connectivity index (χ3v) is 6.71. The minimum absolute atomic E-state index is 0.308. The monoisotopic (exact) mass is 419 g/mol. The molecule has 1 aliphatic heterocycles. The highest BCUT2D eigenvalue weighted by Gasteiger charge is 2.23. The van der Waals surface area contributed by atoms with E-state index in [9.17, 15) is 4.79 Å². The standard InChI is InChI=1S/C25H25NO3S/c1-17-5-3-4-6-24(17)30-20-9-10-21-18(12-14-29-23(21)15-20)7-8-19-16-26-13-11-22(19)25(27)28-2/h3-6,9-11,13,15-16,18H,7-8,12,14H2,1-2H3/t18-/m1/s1. The Bertz CT molecular complexity index is 1050. The van der Waals surface area contributed by atoms with Crippen molar-refractivity contribution in [3.05, 3.63) is 83.2 Å². The maximum atomic E-state index is 12.0. The molecular weight excluding hydrogens is 394 g/mol.